The number of aliphatic hydroxyl groups is 1. The maximum atomic E-state index is 10.3. The molecule has 0 amide bonds. The molecule has 2 nitrogen and oxygen atoms in total. The van der Waals surface area contributed by atoms with Crippen molar-refractivity contribution in [3.63, 3.8) is 0 Å². The van der Waals surface area contributed by atoms with E-state index in [0.717, 1.165) is 37.0 Å². The first kappa shape index (κ1) is 14.5. The lowest BCUT2D eigenvalue weighted by atomic mass is 9.45. The molecule has 0 heterocycles. The highest BCUT2D eigenvalue weighted by Crippen LogP contribution is 2.66. The van der Waals surface area contributed by atoms with Gasteiger partial charge in [-0.05, 0) is 92.3 Å². The van der Waals surface area contributed by atoms with E-state index in [0.29, 0.717) is 16.7 Å². The first-order chi connectivity index (χ1) is 9.84. The van der Waals surface area contributed by atoms with Crippen LogP contribution in [0.4, 0.5) is 0 Å². The standard InChI is InChI=1S/C19H33NO/c1-17-8-3-4-15(17)14-6-5-13-12-19(20,21)11-10-18(13,2)16(14)7-9-17/h13-16,21H,3-12,20H2,1-2H3/t13?,14-,15+,16-,17-,18-,19+/m0/s1. The van der Waals surface area contributed by atoms with Crippen LogP contribution in [-0.4, -0.2) is 10.8 Å². The second-order valence-electron chi connectivity index (χ2n) is 9.55. The summed E-state index contributed by atoms with van der Waals surface area (Å²) in [5.41, 5.74) is 6.31. The highest BCUT2D eigenvalue weighted by atomic mass is 16.3. The van der Waals surface area contributed by atoms with E-state index >= 15 is 0 Å². The molecule has 4 aliphatic carbocycles. The number of fused-ring (bicyclic) bond motifs is 5. The summed E-state index contributed by atoms with van der Waals surface area (Å²) >= 11 is 0. The fourth-order valence-electron chi connectivity index (χ4n) is 7.27. The van der Waals surface area contributed by atoms with Crippen LogP contribution in [0.1, 0.15) is 78.1 Å². The Bertz CT molecular complexity index is 433. The number of hydrogen-bond acceptors (Lipinski definition) is 2. The summed E-state index contributed by atoms with van der Waals surface area (Å²) in [6.07, 6.45) is 12.8. The van der Waals surface area contributed by atoms with Crippen molar-refractivity contribution in [3.8, 4) is 0 Å². The van der Waals surface area contributed by atoms with Gasteiger partial charge >= 0.3 is 0 Å². The molecule has 7 atom stereocenters. The van der Waals surface area contributed by atoms with Crippen molar-refractivity contribution < 1.29 is 5.11 Å². The lowest BCUT2D eigenvalue weighted by molar-refractivity contribution is -0.145. The Hall–Kier alpha value is -0.0800. The minimum atomic E-state index is -0.881. The molecule has 0 aromatic heterocycles. The average molecular weight is 291 g/mol. The maximum Gasteiger partial charge on any atom is 0.113 e. The van der Waals surface area contributed by atoms with Gasteiger partial charge in [-0.1, -0.05) is 20.3 Å². The Kier molecular flexibility index (Phi) is 3.09. The van der Waals surface area contributed by atoms with E-state index < -0.39 is 5.72 Å². The molecular weight excluding hydrogens is 258 g/mol. The summed E-state index contributed by atoms with van der Waals surface area (Å²) in [6.45, 7) is 5.12. The molecule has 2 heteroatoms. The van der Waals surface area contributed by atoms with Crippen molar-refractivity contribution >= 4 is 0 Å². The summed E-state index contributed by atoms with van der Waals surface area (Å²) in [5.74, 6) is 3.53. The van der Waals surface area contributed by atoms with Gasteiger partial charge in [-0.25, -0.2) is 0 Å². The summed E-state index contributed by atoms with van der Waals surface area (Å²) in [4.78, 5) is 0. The lowest BCUT2D eigenvalue weighted by Gasteiger charge is -2.61. The van der Waals surface area contributed by atoms with E-state index in [1.807, 2.05) is 0 Å². The summed E-state index contributed by atoms with van der Waals surface area (Å²) in [7, 11) is 0. The quantitative estimate of drug-likeness (QED) is 0.661. The molecule has 21 heavy (non-hydrogen) atoms. The third kappa shape index (κ3) is 2.05. The van der Waals surface area contributed by atoms with Crippen LogP contribution in [0.25, 0.3) is 0 Å². The molecule has 4 aliphatic rings. The van der Waals surface area contributed by atoms with Gasteiger partial charge in [-0.2, -0.15) is 0 Å². The second-order valence-corrected chi connectivity index (χ2v) is 9.55. The summed E-state index contributed by atoms with van der Waals surface area (Å²) in [5, 5.41) is 10.3. The molecule has 4 rings (SSSR count). The molecule has 1 unspecified atom stereocenters. The van der Waals surface area contributed by atoms with E-state index in [1.165, 1.54) is 44.9 Å². The highest BCUT2D eigenvalue weighted by molar-refractivity contribution is 5.08. The van der Waals surface area contributed by atoms with E-state index in [9.17, 15) is 5.11 Å². The minimum absolute atomic E-state index is 0.457. The SMILES string of the molecule is C[C@@]12CCC[C@@H]1[C@@H]1CCC3C[C@](N)(O)CC[C@]3(C)[C@H]1CC2. The first-order valence-corrected chi connectivity index (χ1v) is 9.35. The van der Waals surface area contributed by atoms with E-state index in [-0.39, 0.29) is 0 Å². The van der Waals surface area contributed by atoms with Gasteiger partial charge in [0.1, 0.15) is 5.72 Å². The van der Waals surface area contributed by atoms with Crippen molar-refractivity contribution in [2.75, 3.05) is 0 Å². The van der Waals surface area contributed by atoms with Crippen molar-refractivity contribution in [2.45, 2.75) is 83.8 Å². The molecule has 0 radical (unpaired) electrons. The van der Waals surface area contributed by atoms with Gasteiger partial charge in [0.2, 0.25) is 0 Å². The molecule has 120 valence electrons. The van der Waals surface area contributed by atoms with Crippen LogP contribution >= 0.6 is 0 Å². The third-order valence-electron chi connectivity index (χ3n) is 8.54. The van der Waals surface area contributed by atoms with Crippen molar-refractivity contribution in [1.82, 2.24) is 0 Å². The summed E-state index contributed by atoms with van der Waals surface area (Å²) < 4.78 is 0. The average Bonchev–Trinajstić information content (AvgIpc) is 2.81. The van der Waals surface area contributed by atoms with E-state index in [2.05, 4.69) is 13.8 Å². The molecule has 0 aliphatic heterocycles. The van der Waals surface area contributed by atoms with Gasteiger partial charge < -0.3 is 10.8 Å². The monoisotopic (exact) mass is 291 g/mol. The Morgan fingerprint density at radius 2 is 1.71 bits per heavy atom. The molecular formula is C19H33NO. The highest BCUT2D eigenvalue weighted by Gasteiger charge is 2.58. The maximum absolute atomic E-state index is 10.3. The van der Waals surface area contributed by atoms with E-state index in [1.54, 1.807) is 0 Å². The molecule has 4 saturated carbocycles. The molecule has 0 aromatic carbocycles. The predicted molar refractivity (Wildman–Crippen MR) is 85.5 cm³/mol. The van der Waals surface area contributed by atoms with Crippen LogP contribution in [0.3, 0.4) is 0 Å². The fraction of sp³-hybridized carbons (Fsp3) is 1.00. The molecule has 0 spiro atoms. The van der Waals surface area contributed by atoms with Crippen molar-refractivity contribution in [3.05, 3.63) is 0 Å². The lowest BCUT2D eigenvalue weighted by Crippen LogP contribution is -2.57. The Morgan fingerprint density at radius 1 is 0.905 bits per heavy atom. The Morgan fingerprint density at radius 3 is 2.52 bits per heavy atom. The zero-order valence-electron chi connectivity index (χ0n) is 13.9. The second kappa shape index (κ2) is 4.47. The Labute approximate surface area is 129 Å². The first-order valence-electron chi connectivity index (χ1n) is 9.35. The van der Waals surface area contributed by atoms with Gasteiger partial charge in [-0.3, -0.25) is 0 Å². The third-order valence-corrected chi connectivity index (χ3v) is 8.54. The summed E-state index contributed by atoms with van der Waals surface area (Å²) in [6, 6.07) is 0. The van der Waals surface area contributed by atoms with Crippen LogP contribution in [0.15, 0.2) is 0 Å². The predicted octanol–water partition coefficient (Wildman–Crippen LogP) is 4.07. The van der Waals surface area contributed by atoms with Crippen LogP contribution in [0.2, 0.25) is 0 Å². The smallest absolute Gasteiger partial charge is 0.113 e. The van der Waals surface area contributed by atoms with E-state index in [4.69, 9.17) is 5.73 Å². The Balaban J connectivity index is 1.62. The van der Waals surface area contributed by atoms with Gasteiger partial charge in [0.15, 0.2) is 0 Å². The van der Waals surface area contributed by atoms with Crippen LogP contribution < -0.4 is 5.73 Å². The van der Waals surface area contributed by atoms with Gasteiger partial charge in [0.25, 0.3) is 0 Å². The van der Waals surface area contributed by atoms with Crippen molar-refractivity contribution in [1.29, 1.82) is 0 Å². The molecule has 0 bridgehead atoms. The molecule has 0 saturated heterocycles. The van der Waals surface area contributed by atoms with Gasteiger partial charge in [0.05, 0.1) is 0 Å². The molecule has 0 aromatic rings. The largest absolute Gasteiger partial charge is 0.376 e. The molecule has 4 fully saturated rings. The normalized spacial score (nSPS) is 60.0. The zero-order valence-corrected chi connectivity index (χ0v) is 13.9. The van der Waals surface area contributed by atoms with Crippen LogP contribution in [-0.2, 0) is 0 Å². The van der Waals surface area contributed by atoms with Crippen LogP contribution in [0, 0.1) is 34.5 Å². The van der Waals surface area contributed by atoms with Crippen molar-refractivity contribution in [2.24, 2.45) is 40.2 Å². The number of nitrogens with two attached hydrogens (primary N) is 1. The van der Waals surface area contributed by atoms with Gasteiger partial charge in [-0.15, -0.1) is 0 Å². The van der Waals surface area contributed by atoms with Gasteiger partial charge in [0, 0.05) is 0 Å². The minimum Gasteiger partial charge on any atom is -0.376 e. The number of hydrogen-bond donors (Lipinski definition) is 2. The zero-order chi connectivity index (χ0) is 14.9. The molecule has 3 N–H and O–H groups in total. The fourth-order valence-corrected chi connectivity index (χ4v) is 7.27. The topological polar surface area (TPSA) is 46.2 Å². The van der Waals surface area contributed by atoms with Crippen LogP contribution in [0.5, 0.6) is 0 Å². The number of rotatable bonds is 0.